The minimum absolute atomic E-state index is 0.0347. The standard InChI is InChI=1S/C7H12N2O/c1-8-9-7(10)6-4-2-3-5-6/h6H,1-5H2,(H,9,10). The molecule has 1 amide bonds. The molecule has 56 valence electrons. The van der Waals surface area contributed by atoms with Crippen molar-refractivity contribution in [2.24, 2.45) is 11.0 Å². The van der Waals surface area contributed by atoms with Gasteiger partial charge in [0.1, 0.15) is 0 Å². The summed E-state index contributed by atoms with van der Waals surface area (Å²) in [4.78, 5) is 11.0. The molecule has 0 saturated heterocycles. The van der Waals surface area contributed by atoms with Gasteiger partial charge in [-0.25, -0.2) is 5.43 Å². The van der Waals surface area contributed by atoms with E-state index in [0.717, 1.165) is 12.8 Å². The number of nitrogens with one attached hydrogen (secondary N) is 1. The van der Waals surface area contributed by atoms with Crippen molar-refractivity contribution in [1.82, 2.24) is 5.43 Å². The van der Waals surface area contributed by atoms with Gasteiger partial charge in [-0.2, -0.15) is 5.10 Å². The van der Waals surface area contributed by atoms with Crippen molar-refractivity contribution in [1.29, 1.82) is 0 Å². The molecule has 0 aromatic rings. The van der Waals surface area contributed by atoms with Gasteiger partial charge in [0, 0.05) is 12.6 Å². The number of hydrogen-bond acceptors (Lipinski definition) is 2. The lowest BCUT2D eigenvalue weighted by atomic mass is 10.1. The maximum absolute atomic E-state index is 11.0. The van der Waals surface area contributed by atoms with Gasteiger partial charge in [0.25, 0.3) is 0 Å². The number of nitrogens with zero attached hydrogens (tertiary/aromatic N) is 1. The SMILES string of the molecule is C=NNC(=O)C1CCCC1. The second-order valence-electron chi connectivity index (χ2n) is 2.62. The van der Waals surface area contributed by atoms with Crippen LogP contribution in [0.5, 0.6) is 0 Å². The van der Waals surface area contributed by atoms with Gasteiger partial charge in [0.15, 0.2) is 0 Å². The van der Waals surface area contributed by atoms with Gasteiger partial charge in [0.2, 0.25) is 5.91 Å². The van der Waals surface area contributed by atoms with E-state index in [1.807, 2.05) is 0 Å². The highest BCUT2D eigenvalue weighted by Crippen LogP contribution is 2.24. The summed E-state index contributed by atoms with van der Waals surface area (Å²) in [6.07, 6.45) is 4.38. The Morgan fingerprint density at radius 2 is 2.10 bits per heavy atom. The van der Waals surface area contributed by atoms with Crippen LogP contribution >= 0.6 is 0 Å². The van der Waals surface area contributed by atoms with Crippen molar-refractivity contribution in [2.75, 3.05) is 0 Å². The van der Waals surface area contributed by atoms with Crippen LogP contribution in [0.2, 0.25) is 0 Å². The first-order valence-electron chi connectivity index (χ1n) is 3.60. The molecule has 0 heterocycles. The Kier molecular flexibility index (Phi) is 2.42. The molecule has 0 unspecified atom stereocenters. The smallest absolute Gasteiger partial charge is 0.243 e. The summed E-state index contributed by atoms with van der Waals surface area (Å²) in [6.45, 7) is 3.19. The van der Waals surface area contributed by atoms with Crippen molar-refractivity contribution in [3.63, 3.8) is 0 Å². The fraction of sp³-hybridized carbons (Fsp3) is 0.714. The summed E-state index contributed by atoms with van der Waals surface area (Å²) >= 11 is 0. The third-order valence-electron chi connectivity index (χ3n) is 1.92. The second-order valence-corrected chi connectivity index (χ2v) is 2.62. The maximum atomic E-state index is 11.0. The first-order chi connectivity index (χ1) is 4.84. The Morgan fingerprint density at radius 1 is 1.50 bits per heavy atom. The molecule has 0 bridgehead atoms. The van der Waals surface area contributed by atoms with Gasteiger partial charge in [-0.05, 0) is 12.8 Å². The average Bonchev–Trinajstić information content (AvgIpc) is 2.38. The predicted molar refractivity (Wildman–Crippen MR) is 39.6 cm³/mol. The van der Waals surface area contributed by atoms with Crippen molar-refractivity contribution < 1.29 is 4.79 Å². The Bertz CT molecular complexity index is 139. The average molecular weight is 140 g/mol. The highest BCUT2D eigenvalue weighted by Gasteiger charge is 2.21. The van der Waals surface area contributed by atoms with Crippen molar-refractivity contribution in [2.45, 2.75) is 25.7 Å². The summed E-state index contributed by atoms with van der Waals surface area (Å²) < 4.78 is 0. The van der Waals surface area contributed by atoms with E-state index >= 15 is 0 Å². The van der Waals surface area contributed by atoms with Crippen LogP contribution in [-0.2, 0) is 4.79 Å². The molecular formula is C7H12N2O. The van der Waals surface area contributed by atoms with E-state index in [2.05, 4.69) is 17.2 Å². The van der Waals surface area contributed by atoms with E-state index in [4.69, 9.17) is 0 Å². The van der Waals surface area contributed by atoms with Gasteiger partial charge < -0.3 is 0 Å². The molecule has 1 N–H and O–H groups in total. The summed E-state index contributed by atoms with van der Waals surface area (Å²) in [5.41, 5.74) is 2.36. The zero-order valence-electron chi connectivity index (χ0n) is 5.97. The van der Waals surface area contributed by atoms with Crippen LogP contribution in [-0.4, -0.2) is 12.6 Å². The lowest BCUT2D eigenvalue weighted by Crippen LogP contribution is -2.24. The first-order valence-corrected chi connectivity index (χ1v) is 3.60. The lowest BCUT2D eigenvalue weighted by Gasteiger charge is -2.04. The molecule has 1 rings (SSSR count). The Balaban J connectivity index is 2.32. The summed E-state index contributed by atoms with van der Waals surface area (Å²) in [5.74, 6) is 0.234. The van der Waals surface area contributed by atoms with E-state index < -0.39 is 0 Å². The molecule has 1 saturated carbocycles. The minimum atomic E-state index is 0.0347. The number of rotatable bonds is 2. The third kappa shape index (κ3) is 1.56. The van der Waals surface area contributed by atoms with Gasteiger partial charge in [0.05, 0.1) is 0 Å². The maximum Gasteiger partial charge on any atom is 0.243 e. The molecule has 1 aliphatic rings. The van der Waals surface area contributed by atoms with Crippen LogP contribution < -0.4 is 5.43 Å². The van der Waals surface area contributed by atoms with E-state index in [9.17, 15) is 4.79 Å². The van der Waals surface area contributed by atoms with E-state index in [1.165, 1.54) is 12.8 Å². The van der Waals surface area contributed by atoms with E-state index in [0.29, 0.717) is 0 Å². The number of hydrazone groups is 1. The normalized spacial score (nSPS) is 18.8. The molecule has 1 aliphatic carbocycles. The van der Waals surface area contributed by atoms with Crippen LogP contribution in [0.1, 0.15) is 25.7 Å². The second kappa shape index (κ2) is 3.34. The quantitative estimate of drug-likeness (QED) is 0.449. The fourth-order valence-corrected chi connectivity index (χ4v) is 1.36. The summed E-state index contributed by atoms with van der Waals surface area (Å²) in [7, 11) is 0. The Hall–Kier alpha value is -0.860. The third-order valence-corrected chi connectivity index (χ3v) is 1.92. The predicted octanol–water partition coefficient (Wildman–Crippen LogP) is 0.908. The molecule has 3 heteroatoms. The first kappa shape index (κ1) is 7.25. The zero-order valence-corrected chi connectivity index (χ0v) is 5.97. The van der Waals surface area contributed by atoms with E-state index in [-0.39, 0.29) is 11.8 Å². The Morgan fingerprint density at radius 3 is 2.60 bits per heavy atom. The molecule has 0 radical (unpaired) electrons. The molecule has 0 atom stereocenters. The van der Waals surface area contributed by atoms with Crippen molar-refractivity contribution in [3.05, 3.63) is 0 Å². The molecule has 0 aromatic heterocycles. The van der Waals surface area contributed by atoms with Crippen LogP contribution in [0.15, 0.2) is 5.10 Å². The summed E-state index contributed by atoms with van der Waals surface area (Å²) in [5, 5.41) is 3.33. The summed E-state index contributed by atoms with van der Waals surface area (Å²) in [6, 6.07) is 0. The minimum Gasteiger partial charge on any atom is -0.273 e. The molecule has 0 aromatic carbocycles. The zero-order chi connectivity index (χ0) is 7.40. The molecule has 10 heavy (non-hydrogen) atoms. The largest absolute Gasteiger partial charge is 0.273 e. The molecule has 1 fully saturated rings. The number of carbonyl (C=O) groups is 1. The molecule has 0 aliphatic heterocycles. The highest BCUT2D eigenvalue weighted by atomic mass is 16.2. The van der Waals surface area contributed by atoms with Crippen LogP contribution in [0.25, 0.3) is 0 Å². The monoisotopic (exact) mass is 140 g/mol. The van der Waals surface area contributed by atoms with Crippen molar-refractivity contribution in [3.8, 4) is 0 Å². The highest BCUT2D eigenvalue weighted by molar-refractivity contribution is 5.78. The van der Waals surface area contributed by atoms with Gasteiger partial charge in [-0.1, -0.05) is 12.8 Å². The van der Waals surface area contributed by atoms with Crippen molar-refractivity contribution >= 4 is 12.6 Å². The van der Waals surface area contributed by atoms with Gasteiger partial charge in [-0.15, -0.1) is 0 Å². The fourth-order valence-electron chi connectivity index (χ4n) is 1.36. The molecule has 0 spiro atoms. The van der Waals surface area contributed by atoms with Crippen LogP contribution in [0, 0.1) is 5.92 Å². The number of hydrogen-bond donors (Lipinski definition) is 1. The Labute approximate surface area is 60.5 Å². The number of carbonyl (C=O) groups excluding carboxylic acids is 1. The van der Waals surface area contributed by atoms with E-state index in [1.54, 1.807) is 0 Å². The van der Waals surface area contributed by atoms with Gasteiger partial charge in [-0.3, -0.25) is 4.79 Å². The number of amides is 1. The van der Waals surface area contributed by atoms with Crippen LogP contribution in [0.4, 0.5) is 0 Å². The molecular weight excluding hydrogens is 128 g/mol. The van der Waals surface area contributed by atoms with Crippen LogP contribution in [0.3, 0.4) is 0 Å². The lowest BCUT2D eigenvalue weighted by molar-refractivity contribution is -0.124. The topological polar surface area (TPSA) is 41.5 Å². The van der Waals surface area contributed by atoms with Gasteiger partial charge >= 0.3 is 0 Å². The molecule has 3 nitrogen and oxygen atoms in total.